The predicted octanol–water partition coefficient (Wildman–Crippen LogP) is 2.27. The monoisotopic (exact) mass is 320 g/mol. The molecule has 7 heteroatoms. The Labute approximate surface area is 131 Å². The number of carbonyl (C=O) groups is 2. The van der Waals surface area contributed by atoms with Crippen LogP contribution in [0.25, 0.3) is 10.6 Å². The minimum Gasteiger partial charge on any atom is -0.481 e. The third-order valence-corrected chi connectivity index (χ3v) is 4.72. The highest BCUT2D eigenvalue weighted by Crippen LogP contribution is 2.24. The van der Waals surface area contributed by atoms with E-state index < -0.39 is 11.9 Å². The quantitative estimate of drug-likeness (QED) is 0.934. The topological polar surface area (TPSA) is 83.6 Å². The Bertz CT molecular complexity index is 665. The molecule has 2 aromatic rings. The SMILES string of the molecule is O=C(O)[C@@H]1CCCN(C(=O)Cc2csc(-c3ccoc3)n2)C1. The smallest absolute Gasteiger partial charge is 0.308 e. The molecule has 1 saturated heterocycles. The number of aromatic nitrogens is 1. The molecule has 1 aliphatic rings. The van der Waals surface area contributed by atoms with Gasteiger partial charge in [0.1, 0.15) is 11.3 Å². The second-order valence-corrected chi connectivity index (χ2v) is 6.21. The van der Waals surface area contributed by atoms with Crippen LogP contribution in [0.1, 0.15) is 18.5 Å². The molecule has 1 amide bonds. The van der Waals surface area contributed by atoms with Crippen LogP contribution in [0.4, 0.5) is 0 Å². The number of carboxylic acids is 1. The predicted molar refractivity (Wildman–Crippen MR) is 80.5 cm³/mol. The third-order valence-electron chi connectivity index (χ3n) is 3.78. The van der Waals surface area contributed by atoms with Crippen molar-refractivity contribution in [1.29, 1.82) is 0 Å². The minimum absolute atomic E-state index is 0.0602. The van der Waals surface area contributed by atoms with E-state index in [2.05, 4.69) is 4.98 Å². The van der Waals surface area contributed by atoms with Crippen molar-refractivity contribution >= 4 is 23.2 Å². The molecular formula is C15H16N2O4S. The average Bonchev–Trinajstić information content (AvgIpc) is 3.18. The number of hydrogen-bond donors (Lipinski definition) is 1. The number of carboxylic acid groups (broad SMARTS) is 1. The molecule has 0 bridgehead atoms. The number of aliphatic carboxylic acids is 1. The van der Waals surface area contributed by atoms with Crippen molar-refractivity contribution in [2.45, 2.75) is 19.3 Å². The highest BCUT2D eigenvalue weighted by molar-refractivity contribution is 7.13. The molecule has 1 atom stereocenters. The van der Waals surface area contributed by atoms with Gasteiger partial charge in [-0.05, 0) is 18.9 Å². The first kappa shape index (κ1) is 14.8. The number of nitrogens with zero attached hydrogens (tertiary/aromatic N) is 2. The van der Waals surface area contributed by atoms with Gasteiger partial charge in [-0.25, -0.2) is 4.98 Å². The van der Waals surface area contributed by atoms with Crippen molar-refractivity contribution in [2.24, 2.45) is 5.92 Å². The van der Waals surface area contributed by atoms with Crippen molar-refractivity contribution in [3.8, 4) is 10.6 Å². The largest absolute Gasteiger partial charge is 0.481 e. The summed E-state index contributed by atoms with van der Waals surface area (Å²) >= 11 is 1.47. The standard InChI is InChI=1S/C15H16N2O4S/c18-13(17-4-1-2-10(7-17)15(19)20)6-12-9-22-14(16-12)11-3-5-21-8-11/h3,5,8-10H,1-2,4,6-7H2,(H,19,20)/t10-/m1/s1. The van der Waals surface area contributed by atoms with Gasteiger partial charge in [-0.1, -0.05) is 0 Å². The van der Waals surface area contributed by atoms with E-state index in [1.165, 1.54) is 11.3 Å². The molecule has 0 spiro atoms. The number of piperidine rings is 1. The van der Waals surface area contributed by atoms with E-state index in [1.54, 1.807) is 17.4 Å². The summed E-state index contributed by atoms with van der Waals surface area (Å²) in [6, 6.07) is 1.83. The first-order valence-corrected chi connectivity index (χ1v) is 7.99. The molecule has 0 aliphatic carbocycles. The molecule has 1 fully saturated rings. The lowest BCUT2D eigenvalue weighted by Crippen LogP contribution is -2.43. The summed E-state index contributed by atoms with van der Waals surface area (Å²) in [5, 5.41) is 11.8. The average molecular weight is 320 g/mol. The van der Waals surface area contributed by atoms with Crippen LogP contribution < -0.4 is 0 Å². The number of amides is 1. The highest BCUT2D eigenvalue weighted by atomic mass is 32.1. The van der Waals surface area contributed by atoms with Crippen molar-refractivity contribution in [1.82, 2.24) is 9.88 Å². The molecule has 0 unspecified atom stereocenters. The van der Waals surface area contributed by atoms with Crippen LogP contribution in [-0.2, 0) is 16.0 Å². The van der Waals surface area contributed by atoms with Crippen molar-refractivity contribution in [3.05, 3.63) is 29.7 Å². The van der Waals surface area contributed by atoms with Gasteiger partial charge in [-0.3, -0.25) is 9.59 Å². The van der Waals surface area contributed by atoms with Crippen LogP contribution in [-0.4, -0.2) is 40.0 Å². The minimum atomic E-state index is -0.826. The summed E-state index contributed by atoms with van der Waals surface area (Å²) in [7, 11) is 0. The molecule has 1 N–H and O–H groups in total. The number of thiazole rings is 1. The van der Waals surface area contributed by atoms with Gasteiger partial charge < -0.3 is 14.4 Å². The maximum atomic E-state index is 12.3. The molecular weight excluding hydrogens is 304 g/mol. The summed E-state index contributed by atoms with van der Waals surface area (Å²) in [6.07, 6.45) is 4.79. The van der Waals surface area contributed by atoms with Crippen LogP contribution in [0, 0.1) is 5.92 Å². The second-order valence-electron chi connectivity index (χ2n) is 5.35. The van der Waals surface area contributed by atoms with Gasteiger partial charge in [0.05, 0.1) is 24.3 Å². The molecule has 6 nitrogen and oxygen atoms in total. The molecule has 3 rings (SSSR count). The van der Waals surface area contributed by atoms with E-state index in [0.717, 1.165) is 17.0 Å². The number of carbonyl (C=O) groups excluding carboxylic acids is 1. The van der Waals surface area contributed by atoms with E-state index in [9.17, 15) is 9.59 Å². The lowest BCUT2D eigenvalue weighted by atomic mass is 9.98. The molecule has 22 heavy (non-hydrogen) atoms. The molecule has 3 heterocycles. The summed E-state index contributed by atoms with van der Waals surface area (Å²) in [6.45, 7) is 0.925. The highest BCUT2D eigenvalue weighted by Gasteiger charge is 2.28. The summed E-state index contributed by atoms with van der Waals surface area (Å²) in [4.78, 5) is 29.4. The fraction of sp³-hybridized carbons (Fsp3) is 0.400. The Kier molecular flexibility index (Phi) is 4.24. The zero-order valence-corrected chi connectivity index (χ0v) is 12.7. The van der Waals surface area contributed by atoms with Crippen LogP contribution in [0.15, 0.2) is 28.4 Å². The van der Waals surface area contributed by atoms with E-state index in [0.29, 0.717) is 25.2 Å². The van der Waals surface area contributed by atoms with Crippen molar-refractivity contribution < 1.29 is 19.1 Å². The Hall–Kier alpha value is -2.15. The number of rotatable bonds is 4. The summed E-state index contributed by atoms with van der Waals surface area (Å²) in [5.74, 6) is -1.34. The lowest BCUT2D eigenvalue weighted by molar-refractivity contribution is -0.145. The zero-order chi connectivity index (χ0) is 15.5. The van der Waals surface area contributed by atoms with Crippen molar-refractivity contribution in [3.63, 3.8) is 0 Å². The maximum Gasteiger partial charge on any atom is 0.308 e. The van der Waals surface area contributed by atoms with Gasteiger partial charge in [0, 0.05) is 24.0 Å². The van der Waals surface area contributed by atoms with Gasteiger partial charge >= 0.3 is 5.97 Å². The fourth-order valence-corrected chi connectivity index (χ4v) is 3.38. The molecule has 2 aromatic heterocycles. The van der Waals surface area contributed by atoms with Gasteiger partial charge in [-0.2, -0.15) is 0 Å². The summed E-state index contributed by atoms with van der Waals surface area (Å²) < 4.78 is 5.02. The molecule has 1 aliphatic heterocycles. The molecule has 0 radical (unpaired) electrons. The lowest BCUT2D eigenvalue weighted by Gasteiger charge is -2.30. The van der Waals surface area contributed by atoms with Gasteiger partial charge in [0.15, 0.2) is 0 Å². The summed E-state index contributed by atoms with van der Waals surface area (Å²) in [5.41, 5.74) is 1.61. The first-order chi connectivity index (χ1) is 10.6. The second kappa shape index (κ2) is 6.31. The molecule has 116 valence electrons. The maximum absolute atomic E-state index is 12.3. The van der Waals surface area contributed by atoms with E-state index >= 15 is 0 Å². The third kappa shape index (κ3) is 3.19. The van der Waals surface area contributed by atoms with Crippen LogP contribution in [0.2, 0.25) is 0 Å². The molecule has 0 saturated carbocycles. The van der Waals surface area contributed by atoms with Crippen LogP contribution >= 0.6 is 11.3 Å². The van der Waals surface area contributed by atoms with Crippen LogP contribution in [0.3, 0.4) is 0 Å². The van der Waals surface area contributed by atoms with Gasteiger partial charge in [0.25, 0.3) is 0 Å². The first-order valence-electron chi connectivity index (χ1n) is 7.11. The zero-order valence-electron chi connectivity index (χ0n) is 11.9. The van der Waals surface area contributed by atoms with E-state index in [1.807, 2.05) is 11.4 Å². The Balaban J connectivity index is 1.63. The Morgan fingerprint density at radius 2 is 2.36 bits per heavy atom. The Morgan fingerprint density at radius 3 is 3.09 bits per heavy atom. The van der Waals surface area contributed by atoms with Gasteiger partial charge in [-0.15, -0.1) is 11.3 Å². The Morgan fingerprint density at radius 1 is 1.50 bits per heavy atom. The van der Waals surface area contributed by atoms with Gasteiger partial charge in [0.2, 0.25) is 5.91 Å². The molecule has 0 aromatic carbocycles. The number of hydrogen-bond acceptors (Lipinski definition) is 5. The van der Waals surface area contributed by atoms with E-state index in [4.69, 9.17) is 9.52 Å². The van der Waals surface area contributed by atoms with Crippen molar-refractivity contribution in [2.75, 3.05) is 13.1 Å². The fourth-order valence-electron chi connectivity index (χ4n) is 2.58. The number of furan rings is 1. The van der Waals surface area contributed by atoms with E-state index in [-0.39, 0.29) is 12.3 Å². The normalized spacial score (nSPS) is 18.4. The number of likely N-dealkylation sites (tertiary alicyclic amines) is 1. The van der Waals surface area contributed by atoms with Crippen LogP contribution in [0.5, 0.6) is 0 Å².